The number of carbonyl (C=O) groups excluding carboxylic acids is 1. The lowest BCUT2D eigenvalue weighted by molar-refractivity contribution is -0.146. The molecular weight excluding hydrogens is 380 g/mol. The summed E-state index contributed by atoms with van der Waals surface area (Å²) in [5.74, 6) is -1.10. The second-order valence-electron chi connectivity index (χ2n) is 7.19. The van der Waals surface area contributed by atoms with Gasteiger partial charge in [-0.05, 0) is 42.9 Å². The molecule has 4 rings (SSSR count). The molecule has 2 aromatic rings. The molecule has 27 heavy (non-hydrogen) atoms. The fourth-order valence-corrected chi connectivity index (χ4v) is 6.35. The predicted octanol–water partition coefficient (Wildman–Crippen LogP) is 4.65. The highest BCUT2D eigenvalue weighted by molar-refractivity contribution is 8.01. The van der Waals surface area contributed by atoms with E-state index in [9.17, 15) is 14.7 Å². The number of thioether (sulfide) groups is 1. The largest absolute Gasteiger partial charge is 0.481 e. The van der Waals surface area contributed by atoms with E-state index in [-0.39, 0.29) is 17.7 Å². The zero-order valence-corrected chi connectivity index (χ0v) is 16.7. The molecule has 1 saturated carbocycles. The number of carboxylic acids is 1. The molecule has 7 heteroatoms. The molecule has 0 radical (unpaired) electrons. The van der Waals surface area contributed by atoms with Crippen molar-refractivity contribution in [3.63, 3.8) is 0 Å². The number of fused-ring (bicyclic) bond motifs is 3. The number of allylic oxidation sites excluding steroid dienone is 2. The first kappa shape index (κ1) is 18.5. The van der Waals surface area contributed by atoms with Crippen molar-refractivity contribution >= 4 is 50.9 Å². The van der Waals surface area contributed by atoms with Crippen LogP contribution in [0.1, 0.15) is 26.2 Å². The van der Waals surface area contributed by atoms with Gasteiger partial charge >= 0.3 is 5.97 Å². The minimum atomic E-state index is -0.876. The Morgan fingerprint density at radius 3 is 2.81 bits per heavy atom. The van der Waals surface area contributed by atoms with Crippen LogP contribution in [0.3, 0.4) is 0 Å². The van der Waals surface area contributed by atoms with Crippen molar-refractivity contribution in [1.82, 2.24) is 4.98 Å². The average molecular weight is 403 g/mol. The molecule has 2 aliphatic carbocycles. The first-order valence-electron chi connectivity index (χ1n) is 9.32. The van der Waals surface area contributed by atoms with Crippen molar-refractivity contribution in [3.8, 4) is 0 Å². The maximum absolute atomic E-state index is 12.8. The smallest absolute Gasteiger partial charge is 0.307 e. The van der Waals surface area contributed by atoms with Gasteiger partial charge in [-0.3, -0.25) is 9.59 Å². The van der Waals surface area contributed by atoms with Gasteiger partial charge in [0.15, 0.2) is 4.34 Å². The van der Waals surface area contributed by atoms with E-state index in [0.29, 0.717) is 5.69 Å². The standard InChI is InChI=1S/C20H22N2O3S2/c1-2-3-8-26-20-22-14-7-6-13(10-15(14)27-20)21-18(23)16-11-4-5-12(9-11)17(16)19(24)25/h4-7,10-12,16-17H,2-3,8-9H2,1H3,(H,21,23)(H,24,25)/t11-,12-,16-,17-/m0/s1. The van der Waals surface area contributed by atoms with Gasteiger partial charge in [0.05, 0.1) is 22.1 Å². The number of carboxylic acid groups (broad SMARTS) is 1. The van der Waals surface area contributed by atoms with Crippen molar-refractivity contribution in [1.29, 1.82) is 0 Å². The molecule has 1 fully saturated rings. The van der Waals surface area contributed by atoms with E-state index in [2.05, 4.69) is 17.2 Å². The highest BCUT2D eigenvalue weighted by Crippen LogP contribution is 2.48. The minimum Gasteiger partial charge on any atom is -0.481 e. The van der Waals surface area contributed by atoms with E-state index >= 15 is 0 Å². The summed E-state index contributed by atoms with van der Waals surface area (Å²) in [6, 6.07) is 5.70. The minimum absolute atomic E-state index is 0.0186. The van der Waals surface area contributed by atoms with Crippen LogP contribution in [0.2, 0.25) is 0 Å². The highest BCUT2D eigenvalue weighted by Gasteiger charge is 2.51. The fourth-order valence-electron chi connectivity index (χ4n) is 4.09. The summed E-state index contributed by atoms with van der Waals surface area (Å²) in [7, 11) is 0. The van der Waals surface area contributed by atoms with Crippen LogP contribution in [-0.2, 0) is 9.59 Å². The number of amides is 1. The Morgan fingerprint density at radius 2 is 2.07 bits per heavy atom. The Bertz CT molecular complexity index is 908. The Morgan fingerprint density at radius 1 is 1.30 bits per heavy atom. The average Bonchev–Trinajstić information content (AvgIpc) is 3.34. The second kappa shape index (κ2) is 7.64. The van der Waals surface area contributed by atoms with Crippen LogP contribution in [0.25, 0.3) is 10.2 Å². The van der Waals surface area contributed by atoms with E-state index in [1.54, 1.807) is 23.1 Å². The molecular formula is C20H22N2O3S2. The number of rotatable bonds is 7. The van der Waals surface area contributed by atoms with Gasteiger partial charge in [-0.15, -0.1) is 11.3 Å². The van der Waals surface area contributed by atoms with Crippen molar-refractivity contribution < 1.29 is 14.7 Å². The number of anilines is 1. The lowest BCUT2D eigenvalue weighted by Gasteiger charge is -2.23. The van der Waals surface area contributed by atoms with Crippen LogP contribution in [-0.4, -0.2) is 27.7 Å². The normalized spacial score (nSPS) is 26.0. The molecule has 0 spiro atoms. The molecule has 142 valence electrons. The third-order valence-electron chi connectivity index (χ3n) is 5.41. The number of unbranched alkanes of at least 4 members (excludes halogenated alkanes) is 1. The predicted molar refractivity (Wildman–Crippen MR) is 109 cm³/mol. The van der Waals surface area contributed by atoms with Crippen molar-refractivity contribution in [2.24, 2.45) is 23.7 Å². The Balaban J connectivity index is 1.49. The summed E-state index contributed by atoms with van der Waals surface area (Å²) in [5.41, 5.74) is 1.64. The molecule has 1 aromatic heterocycles. The van der Waals surface area contributed by atoms with Crippen LogP contribution >= 0.6 is 23.1 Å². The number of aliphatic carboxylic acids is 1. The third kappa shape index (κ3) is 3.62. The van der Waals surface area contributed by atoms with Gasteiger partial charge in [0.1, 0.15) is 0 Å². The van der Waals surface area contributed by atoms with Crippen LogP contribution in [0.15, 0.2) is 34.7 Å². The number of hydrogen-bond donors (Lipinski definition) is 2. The fraction of sp³-hybridized carbons (Fsp3) is 0.450. The quantitative estimate of drug-likeness (QED) is 0.400. The first-order chi connectivity index (χ1) is 13.1. The van der Waals surface area contributed by atoms with Crippen molar-refractivity contribution in [2.45, 2.75) is 30.5 Å². The summed E-state index contributed by atoms with van der Waals surface area (Å²) in [4.78, 5) is 29.1. The maximum Gasteiger partial charge on any atom is 0.307 e. The van der Waals surface area contributed by atoms with Gasteiger partial charge in [0, 0.05) is 11.4 Å². The molecule has 1 amide bonds. The molecule has 0 aliphatic heterocycles. The number of nitrogens with zero attached hydrogens (tertiary/aromatic N) is 1. The number of thiazole rings is 1. The molecule has 2 aliphatic rings. The van der Waals surface area contributed by atoms with Crippen LogP contribution < -0.4 is 5.32 Å². The van der Waals surface area contributed by atoms with Crippen molar-refractivity contribution in [2.75, 3.05) is 11.1 Å². The Kier molecular flexibility index (Phi) is 5.23. The van der Waals surface area contributed by atoms with E-state index in [0.717, 1.165) is 26.7 Å². The zero-order valence-electron chi connectivity index (χ0n) is 15.1. The second-order valence-corrected chi connectivity index (χ2v) is 9.56. The number of carbonyl (C=O) groups is 2. The van der Waals surface area contributed by atoms with Crippen LogP contribution in [0.4, 0.5) is 5.69 Å². The van der Waals surface area contributed by atoms with Crippen LogP contribution in [0.5, 0.6) is 0 Å². The van der Waals surface area contributed by atoms with E-state index in [1.807, 2.05) is 30.4 Å². The number of benzene rings is 1. The number of nitrogens with one attached hydrogen (secondary N) is 1. The summed E-state index contributed by atoms with van der Waals surface area (Å²) in [5, 5.41) is 12.5. The number of aromatic nitrogens is 1. The van der Waals surface area contributed by atoms with Gasteiger partial charge in [-0.2, -0.15) is 0 Å². The maximum atomic E-state index is 12.8. The zero-order chi connectivity index (χ0) is 19.0. The Hall–Kier alpha value is -1.86. The first-order valence-corrected chi connectivity index (χ1v) is 11.1. The van der Waals surface area contributed by atoms with E-state index in [1.165, 1.54) is 12.8 Å². The van der Waals surface area contributed by atoms with Crippen LogP contribution in [0, 0.1) is 23.7 Å². The molecule has 5 nitrogen and oxygen atoms in total. The summed E-state index contributed by atoms with van der Waals surface area (Å²) in [6.45, 7) is 2.18. The topological polar surface area (TPSA) is 79.3 Å². The lowest BCUT2D eigenvalue weighted by atomic mass is 9.82. The van der Waals surface area contributed by atoms with Gasteiger partial charge in [-0.1, -0.05) is 37.3 Å². The van der Waals surface area contributed by atoms with E-state index < -0.39 is 17.8 Å². The SMILES string of the molecule is CCCCSc1nc2ccc(NC(=O)[C@@H]3[C@@H](C(=O)O)[C@H]4C=C[C@H]3C4)cc2s1. The summed E-state index contributed by atoms with van der Waals surface area (Å²) < 4.78 is 2.08. The van der Waals surface area contributed by atoms with Crippen molar-refractivity contribution in [3.05, 3.63) is 30.4 Å². The number of hydrogen-bond acceptors (Lipinski definition) is 5. The molecule has 1 heterocycles. The van der Waals surface area contributed by atoms with Gasteiger partial charge in [0.2, 0.25) is 5.91 Å². The third-order valence-corrected chi connectivity index (χ3v) is 7.65. The van der Waals surface area contributed by atoms with E-state index in [4.69, 9.17) is 0 Å². The molecule has 4 atom stereocenters. The summed E-state index contributed by atoms with van der Waals surface area (Å²) >= 11 is 3.40. The van der Waals surface area contributed by atoms with Gasteiger partial charge in [-0.25, -0.2) is 4.98 Å². The molecule has 0 unspecified atom stereocenters. The Labute approximate surface area is 166 Å². The molecule has 2 bridgehead atoms. The highest BCUT2D eigenvalue weighted by atomic mass is 32.2. The van der Waals surface area contributed by atoms with Gasteiger partial charge < -0.3 is 10.4 Å². The molecule has 1 aromatic carbocycles. The van der Waals surface area contributed by atoms with Gasteiger partial charge in [0.25, 0.3) is 0 Å². The monoisotopic (exact) mass is 402 g/mol. The summed E-state index contributed by atoms with van der Waals surface area (Å²) in [6.07, 6.45) is 7.06. The molecule has 2 N–H and O–H groups in total. The lowest BCUT2D eigenvalue weighted by Crippen LogP contribution is -2.36. The molecule has 0 saturated heterocycles.